The molecule has 0 saturated heterocycles. The topological polar surface area (TPSA) is 155 Å². The number of nitrogens with zero attached hydrogens (tertiary/aromatic N) is 4. The number of methoxy groups -OCH3 is 1. The van der Waals surface area contributed by atoms with Crippen LogP contribution in [0.15, 0.2) is 53.4 Å². The normalized spacial score (nSPS) is 11.9. The monoisotopic (exact) mass is 484 g/mol. The number of sulfonamides is 1. The summed E-state index contributed by atoms with van der Waals surface area (Å²) in [7, 11) is -2.44. The maximum absolute atomic E-state index is 12.7. The molecule has 34 heavy (non-hydrogen) atoms. The van der Waals surface area contributed by atoms with Gasteiger partial charge in [0, 0.05) is 38.1 Å². The molecule has 0 saturated carbocycles. The number of rotatable bonds is 10. The molecule has 0 radical (unpaired) electrons. The van der Waals surface area contributed by atoms with Crippen LogP contribution in [0.5, 0.6) is 0 Å². The number of pyridine rings is 1. The van der Waals surface area contributed by atoms with E-state index in [-0.39, 0.29) is 11.4 Å². The van der Waals surface area contributed by atoms with Crippen LogP contribution in [0.3, 0.4) is 0 Å². The highest BCUT2D eigenvalue weighted by atomic mass is 32.2. The van der Waals surface area contributed by atoms with Crippen molar-refractivity contribution in [1.82, 2.24) is 19.3 Å². The Morgan fingerprint density at radius 1 is 1.15 bits per heavy atom. The van der Waals surface area contributed by atoms with Gasteiger partial charge in [0.1, 0.15) is 11.3 Å². The molecule has 2 aromatic carbocycles. The molecule has 0 spiro atoms. The van der Waals surface area contributed by atoms with Crippen LogP contribution in [-0.4, -0.2) is 48.1 Å². The number of para-hydroxylation sites is 2. The van der Waals surface area contributed by atoms with E-state index in [1.54, 1.807) is 7.11 Å². The molecule has 0 bridgehead atoms. The Balaban J connectivity index is 1.60. The van der Waals surface area contributed by atoms with Gasteiger partial charge < -0.3 is 15.0 Å². The molecule has 11 nitrogen and oxygen atoms in total. The first kappa shape index (κ1) is 23.5. The number of imidazole rings is 1. The molecule has 12 heteroatoms. The van der Waals surface area contributed by atoms with Gasteiger partial charge in [0.2, 0.25) is 10.0 Å². The number of nitro benzene ring substituents is 1. The van der Waals surface area contributed by atoms with E-state index in [2.05, 4.69) is 14.7 Å². The summed E-state index contributed by atoms with van der Waals surface area (Å²) in [5.74, 6) is 1.08. The van der Waals surface area contributed by atoms with Crippen molar-refractivity contribution in [3.05, 3.63) is 64.5 Å². The van der Waals surface area contributed by atoms with E-state index in [1.807, 2.05) is 28.8 Å². The third-order valence-electron chi connectivity index (χ3n) is 5.42. The van der Waals surface area contributed by atoms with Gasteiger partial charge in [-0.1, -0.05) is 30.3 Å². The van der Waals surface area contributed by atoms with Gasteiger partial charge in [-0.25, -0.2) is 23.1 Å². The zero-order chi connectivity index (χ0) is 24.3. The first-order valence-electron chi connectivity index (χ1n) is 10.6. The predicted molar refractivity (Wildman–Crippen MR) is 128 cm³/mol. The highest BCUT2D eigenvalue weighted by molar-refractivity contribution is 7.89. The predicted octanol–water partition coefficient (Wildman–Crippen LogP) is 2.63. The number of aryl methyl sites for hydroxylation is 1. The zero-order valence-electron chi connectivity index (χ0n) is 18.5. The Kier molecular flexibility index (Phi) is 6.72. The number of nitrogen functional groups attached to an aromatic ring is 1. The largest absolute Gasteiger partial charge is 0.384 e. The van der Waals surface area contributed by atoms with Crippen molar-refractivity contribution in [2.24, 2.45) is 0 Å². The average Bonchev–Trinajstić information content (AvgIpc) is 3.19. The number of anilines is 1. The molecule has 0 atom stereocenters. The standard InChI is InChI=1S/C22H24N6O5S/c1-33-14-11-19-26-20-21(15-7-2-3-8-16(15)25-22(20)23)27(19)13-6-12-24-34(31,32)18-10-5-4-9-17(18)28(29)30/h2-5,7-10,24H,6,11-14H2,1H3,(H2,23,25). The van der Waals surface area contributed by atoms with Crippen molar-refractivity contribution in [3.8, 4) is 0 Å². The fourth-order valence-electron chi connectivity index (χ4n) is 3.89. The Labute approximate surface area is 195 Å². The molecule has 0 fully saturated rings. The summed E-state index contributed by atoms with van der Waals surface area (Å²) in [6.07, 6.45) is 0.961. The number of nitro groups is 1. The molecule has 2 aromatic heterocycles. The van der Waals surface area contributed by atoms with Gasteiger partial charge in [-0.15, -0.1) is 0 Å². The fourth-order valence-corrected chi connectivity index (χ4v) is 5.13. The molecule has 0 aliphatic carbocycles. The van der Waals surface area contributed by atoms with Crippen molar-refractivity contribution in [3.63, 3.8) is 0 Å². The molecule has 0 aliphatic rings. The smallest absolute Gasteiger partial charge is 0.289 e. The molecule has 2 heterocycles. The van der Waals surface area contributed by atoms with E-state index in [4.69, 9.17) is 10.5 Å². The van der Waals surface area contributed by atoms with Gasteiger partial charge in [0.25, 0.3) is 5.69 Å². The van der Waals surface area contributed by atoms with Gasteiger partial charge in [-0.05, 0) is 18.6 Å². The van der Waals surface area contributed by atoms with Crippen LogP contribution in [0.25, 0.3) is 21.9 Å². The third kappa shape index (κ3) is 4.55. The van der Waals surface area contributed by atoms with Crippen molar-refractivity contribution >= 4 is 43.5 Å². The number of hydrogen-bond acceptors (Lipinski definition) is 8. The minimum atomic E-state index is -4.05. The lowest BCUT2D eigenvalue weighted by molar-refractivity contribution is -0.387. The summed E-state index contributed by atoms with van der Waals surface area (Å²) < 4.78 is 35.1. The van der Waals surface area contributed by atoms with Gasteiger partial charge in [-0.2, -0.15) is 0 Å². The molecule has 0 amide bonds. The minimum Gasteiger partial charge on any atom is -0.384 e. The van der Waals surface area contributed by atoms with E-state index in [9.17, 15) is 18.5 Å². The summed E-state index contributed by atoms with van der Waals surface area (Å²) in [5, 5.41) is 12.1. The quantitative estimate of drug-likeness (QED) is 0.198. The maximum Gasteiger partial charge on any atom is 0.289 e. The summed E-state index contributed by atoms with van der Waals surface area (Å²) in [5.41, 5.74) is 7.87. The number of benzene rings is 2. The number of fused-ring (bicyclic) bond motifs is 3. The summed E-state index contributed by atoms with van der Waals surface area (Å²) in [6, 6.07) is 12.9. The van der Waals surface area contributed by atoms with Crippen LogP contribution in [0.2, 0.25) is 0 Å². The van der Waals surface area contributed by atoms with Crippen molar-refractivity contribution in [2.45, 2.75) is 24.3 Å². The van der Waals surface area contributed by atoms with Crippen LogP contribution in [-0.2, 0) is 27.7 Å². The lowest BCUT2D eigenvalue weighted by atomic mass is 10.2. The Morgan fingerprint density at radius 2 is 1.88 bits per heavy atom. The first-order chi connectivity index (χ1) is 16.3. The van der Waals surface area contributed by atoms with E-state index in [0.717, 1.165) is 28.3 Å². The van der Waals surface area contributed by atoms with Crippen molar-refractivity contribution < 1.29 is 18.1 Å². The number of nitrogens with two attached hydrogens (primary N) is 1. The van der Waals surface area contributed by atoms with Crippen molar-refractivity contribution in [2.75, 3.05) is 26.0 Å². The molecule has 4 rings (SSSR count). The Bertz CT molecular complexity index is 1470. The van der Waals surface area contributed by atoms with E-state index in [0.29, 0.717) is 37.3 Å². The second-order valence-electron chi connectivity index (χ2n) is 7.61. The number of aromatic nitrogens is 3. The molecule has 0 aliphatic heterocycles. The number of hydrogen-bond donors (Lipinski definition) is 2. The molecular weight excluding hydrogens is 460 g/mol. The summed E-state index contributed by atoms with van der Waals surface area (Å²) >= 11 is 0. The van der Waals surface area contributed by atoms with Gasteiger partial charge >= 0.3 is 0 Å². The highest BCUT2D eigenvalue weighted by Crippen LogP contribution is 2.29. The number of nitrogens with one attached hydrogen (secondary N) is 1. The summed E-state index contributed by atoms with van der Waals surface area (Å²) in [4.78, 5) is 19.3. The summed E-state index contributed by atoms with van der Waals surface area (Å²) in [6.45, 7) is 0.984. The second-order valence-corrected chi connectivity index (χ2v) is 9.35. The fraction of sp³-hybridized carbons (Fsp3) is 0.273. The van der Waals surface area contributed by atoms with Crippen LogP contribution in [0.4, 0.5) is 11.5 Å². The number of ether oxygens (including phenoxy) is 1. The lowest BCUT2D eigenvalue weighted by Gasteiger charge is -2.12. The average molecular weight is 485 g/mol. The van der Waals surface area contributed by atoms with Crippen LogP contribution in [0.1, 0.15) is 12.2 Å². The van der Waals surface area contributed by atoms with Crippen LogP contribution >= 0.6 is 0 Å². The highest BCUT2D eigenvalue weighted by Gasteiger charge is 2.24. The Hall–Kier alpha value is -3.61. The van der Waals surface area contributed by atoms with E-state index >= 15 is 0 Å². The minimum absolute atomic E-state index is 0.0796. The first-order valence-corrected chi connectivity index (χ1v) is 12.1. The molecular formula is C22H24N6O5S. The van der Waals surface area contributed by atoms with Crippen molar-refractivity contribution in [1.29, 1.82) is 0 Å². The van der Waals surface area contributed by atoms with Crippen LogP contribution in [0, 0.1) is 10.1 Å². The Morgan fingerprint density at radius 3 is 2.65 bits per heavy atom. The second kappa shape index (κ2) is 9.71. The van der Waals surface area contributed by atoms with Gasteiger partial charge in [-0.3, -0.25) is 10.1 Å². The van der Waals surface area contributed by atoms with Gasteiger partial charge in [0.05, 0.1) is 22.6 Å². The van der Waals surface area contributed by atoms with E-state index < -0.39 is 20.6 Å². The van der Waals surface area contributed by atoms with E-state index in [1.165, 1.54) is 18.2 Å². The lowest BCUT2D eigenvalue weighted by Crippen LogP contribution is -2.26. The molecule has 4 aromatic rings. The molecule has 3 N–H and O–H groups in total. The molecule has 178 valence electrons. The third-order valence-corrected chi connectivity index (χ3v) is 6.93. The SMILES string of the molecule is COCCc1nc2c(N)nc3ccccc3c2n1CCCNS(=O)(=O)c1ccccc1[N+](=O)[O-]. The zero-order valence-corrected chi connectivity index (χ0v) is 19.3. The maximum atomic E-state index is 12.7. The van der Waals surface area contributed by atoms with Crippen LogP contribution < -0.4 is 10.5 Å². The van der Waals surface area contributed by atoms with Gasteiger partial charge in [0.15, 0.2) is 10.7 Å². The molecule has 0 unspecified atom stereocenters.